The third-order valence-corrected chi connectivity index (χ3v) is 2.07. The van der Waals surface area contributed by atoms with Gasteiger partial charge in [0.2, 0.25) is 5.88 Å². The zero-order chi connectivity index (χ0) is 11.3. The summed E-state index contributed by atoms with van der Waals surface area (Å²) in [6, 6.07) is 5.44. The molecule has 0 amide bonds. The monoisotopic (exact) mass is 209 g/mol. The van der Waals surface area contributed by atoms with E-state index in [0.717, 1.165) is 6.42 Å². The Bertz CT molecular complexity index is 299. The van der Waals surface area contributed by atoms with Gasteiger partial charge in [0.05, 0.1) is 18.4 Å². The van der Waals surface area contributed by atoms with Crippen LogP contribution in [0.3, 0.4) is 0 Å². The van der Waals surface area contributed by atoms with Gasteiger partial charge in [0.15, 0.2) is 0 Å². The Kier molecular flexibility index (Phi) is 4.56. The highest BCUT2D eigenvalue weighted by molar-refractivity contribution is 5.15. The maximum absolute atomic E-state index is 8.92. The van der Waals surface area contributed by atoms with E-state index in [0.29, 0.717) is 17.5 Å². The van der Waals surface area contributed by atoms with Crippen LogP contribution in [-0.2, 0) is 6.61 Å². The quantitative estimate of drug-likeness (QED) is 0.809. The van der Waals surface area contributed by atoms with Crippen molar-refractivity contribution < 1.29 is 9.84 Å². The largest absolute Gasteiger partial charge is 0.475 e. The predicted octanol–water partition coefficient (Wildman–Crippen LogP) is 2.39. The molecule has 0 aliphatic heterocycles. The summed E-state index contributed by atoms with van der Waals surface area (Å²) in [5, 5.41) is 8.92. The molecule has 1 heterocycles. The molecule has 1 rings (SSSR count). The van der Waals surface area contributed by atoms with Crippen molar-refractivity contribution in [2.45, 2.75) is 39.9 Å². The van der Waals surface area contributed by atoms with Gasteiger partial charge in [-0.2, -0.15) is 0 Å². The van der Waals surface area contributed by atoms with Gasteiger partial charge in [0.25, 0.3) is 0 Å². The number of hydrogen-bond acceptors (Lipinski definition) is 3. The van der Waals surface area contributed by atoms with Gasteiger partial charge in [-0.25, -0.2) is 4.98 Å². The molecule has 3 nitrogen and oxygen atoms in total. The maximum Gasteiger partial charge on any atom is 0.213 e. The number of aromatic nitrogens is 1. The molecule has 1 atom stereocenters. The van der Waals surface area contributed by atoms with Crippen LogP contribution in [0, 0.1) is 5.92 Å². The molecule has 0 aromatic carbocycles. The van der Waals surface area contributed by atoms with Crippen LogP contribution in [0.25, 0.3) is 0 Å². The summed E-state index contributed by atoms with van der Waals surface area (Å²) in [6.45, 7) is 6.32. The van der Waals surface area contributed by atoms with Crippen LogP contribution in [0.5, 0.6) is 5.88 Å². The number of aliphatic hydroxyl groups is 1. The van der Waals surface area contributed by atoms with Crippen molar-refractivity contribution in [2.24, 2.45) is 5.92 Å². The normalized spacial score (nSPS) is 12.9. The van der Waals surface area contributed by atoms with E-state index in [4.69, 9.17) is 9.84 Å². The summed E-state index contributed by atoms with van der Waals surface area (Å²) >= 11 is 0. The lowest BCUT2D eigenvalue weighted by molar-refractivity contribution is 0.183. The number of ether oxygens (including phenoxy) is 1. The van der Waals surface area contributed by atoms with Crippen LogP contribution in [0.4, 0.5) is 0 Å². The highest BCUT2D eigenvalue weighted by atomic mass is 16.5. The van der Waals surface area contributed by atoms with Gasteiger partial charge in [-0.1, -0.05) is 19.9 Å². The van der Waals surface area contributed by atoms with Crippen LogP contribution in [-0.4, -0.2) is 16.2 Å². The van der Waals surface area contributed by atoms with Crippen molar-refractivity contribution in [1.29, 1.82) is 0 Å². The second-order valence-electron chi connectivity index (χ2n) is 4.18. The molecule has 1 aromatic heterocycles. The summed E-state index contributed by atoms with van der Waals surface area (Å²) in [5.41, 5.74) is 0.643. The van der Waals surface area contributed by atoms with Crippen molar-refractivity contribution in [3.8, 4) is 5.88 Å². The lowest BCUT2D eigenvalue weighted by Crippen LogP contribution is -2.15. The number of nitrogens with zero attached hydrogens (tertiary/aromatic N) is 1. The predicted molar refractivity (Wildman–Crippen MR) is 59.7 cm³/mol. The Labute approximate surface area is 91.1 Å². The zero-order valence-electron chi connectivity index (χ0n) is 9.60. The zero-order valence-corrected chi connectivity index (χ0v) is 9.60. The first-order valence-corrected chi connectivity index (χ1v) is 5.35. The van der Waals surface area contributed by atoms with E-state index in [9.17, 15) is 0 Å². The average Bonchev–Trinajstić information content (AvgIpc) is 2.16. The Hall–Kier alpha value is -1.09. The molecule has 0 saturated carbocycles. The van der Waals surface area contributed by atoms with E-state index in [-0.39, 0.29) is 12.7 Å². The second-order valence-corrected chi connectivity index (χ2v) is 4.18. The lowest BCUT2D eigenvalue weighted by Gasteiger charge is -2.15. The van der Waals surface area contributed by atoms with Gasteiger partial charge in [0.1, 0.15) is 0 Å². The SMILES string of the molecule is CC(C)CC(C)Oc1cccc(CO)n1. The fraction of sp³-hybridized carbons (Fsp3) is 0.583. The molecule has 1 unspecified atom stereocenters. The maximum atomic E-state index is 8.92. The minimum Gasteiger partial charge on any atom is -0.475 e. The summed E-state index contributed by atoms with van der Waals surface area (Å²) in [6.07, 6.45) is 1.16. The number of aliphatic hydroxyl groups excluding tert-OH is 1. The number of rotatable bonds is 5. The Morgan fingerprint density at radius 2 is 2.07 bits per heavy atom. The van der Waals surface area contributed by atoms with Gasteiger partial charge < -0.3 is 9.84 Å². The lowest BCUT2D eigenvalue weighted by atomic mass is 10.1. The smallest absolute Gasteiger partial charge is 0.213 e. The van der Waals surface area contributed by atoms with E-state index < -0.39 is 0 Å². The van der Waals surface area contributed by atoms with Gasteiger partial charge in [-0.05, 0) is 25.3 Å². The third kappa shape index (κ3) is 4.30. The van der Waals surface area contributed by atoms with Crippen molar-refractivity contribution in [2.75, 3.05) is 0 Å². The minimum absolute atomic E-state index is 0.0459. The van der Waals surface area contributed by atoms with E-state index in [1.807, 2.05) is 19.1 Å². The molecule has 15 heavy (non-hydrogen) atoms. The molecule has 0 spiro atoms. The number of hydrogen-bond donors (Lipinski definition) is 1. The van der Waals surface area contributed by atoms with Gasteiger partial charge in [-0.15, -0.1) is 0 Å². The summed E-state index contributed by atoms with van der Waals surface area (Å²) in [5.74, 6) is 1.20. The van der Waals surface area contributed by atoms with Crippen LogP contribution in [0.1, 0.15) is 32.9 Å². The molecular formula is C12H19NO2. The fourth-order valence-electron chi connectivity index (χ4n) is 1.53. The van der Waals surface area contributed by atoms with Crippen LogP contribution < -0.4 is 4.74 Å². The topological polar surface area (TPSA) is 42.4 Å². The second kappa shape index (κ2) is 5.71. The first-order chi connectivity index (χ1) is 7.11. The van der Waals surface area contributed by atoms with Gasteiger partial charge in [0, 0.05) is 6.07 Å². The van der Waals surface area contributed by atoms with Crippen LogP contribution in [0.2, 0.25) is 0 Å². The van der Waals surface area contributed by atoms with E-state index in [2.05, 4.69) is 18.8 Å². The molecule has 3 heteroatoms. The summed E-state index contributed by atoms with van der Waals surface area (Å²) in [4.78, 5) is 4.17. The van der Waals surface area contributed by atoms with Gasteiger partial charge >= 0.3 is 0 Å². The molecule has 84 valence electrons. The standard InChI is InChI=1S/C12H19NO2/c1-9(2)7-10(3)15-12-6-4-5-11(8-14)13-12/h4-6,9-10,14H,7-8H2,1-3H3. The van der Waals surface area contributed by atoms with E-state index >= 15 is 0 Å². The third-order valence-electron chi connectivity index (χ3n) is 2.07. The minimum atomic E-state index is -0.0459. The van der Waals surface area contributed by atoms with E-state index in [1.165, 1.54) is 0 Å². The Balaban J connectivity index is 2.55. The average molecular weight is 209 g/mol. The van der Waals surface area contributed by atoms with Crippen molar-refractivity contribution >= 4 is 0 Å². The molecule has 1 aromatic rings. The van der Waals surface area contributed by atoms with Gasteiger partial charge in [-0.3, -0.25) is 0 Å². The molecule has 0 fully saturated rings. The molecule has 0 bridgehead atoms. The van der Waals surface area contributed by atoms with E-state index in [1.54, 1.807) is 6.07 Å². The molecule has 0 aliphatic carbocycles. The molecule has 1 N–H and O–H groups in total. The first kappa shape index (κ1) is 12.0. The van der Waals surface area contributed by atoms with Crippen molar-refractivity contribution in [3.05, 3.63) is 23.9 Å². The Morgan fingerprint density at radius 1 is 1.33 bits per heavy atom. The molecule has 0 aliphatic rings. The Morgan fingerprint density at radius 3 is 2.67 bits per heavy atom. The summed E-state index contributed by atoms with van der Waals surface area (Å²) in [7, 11) is 0. The molecular weight excluding hydrogens is 190 g/mol. The van der Waals surface area contributed by atoms with Crippen LogP contribution in [0.15, 0.2) is 18.2 Å². The number of pyridine rings is 1. The molecule has 0 saturated heterocycles. The highest BCUT2D eigenvalue weighted by Gasteiger charge is 2.07. The highest BCUT2D eigenvalue weighted by Crippen LogP contribution is 2.13. The van der Waals surface area contributed by atoms with Crippen LogP contribution >= 0.6 is 0 Å². The van der Waals surface area contributed by atoms with Crippen molar-refractivity contribution in [3.63, 3.8) is 0 Å². The fourth-order valence-corrected chi connectivity index (χ4v) is 1.53. The first-order valence-electron chi connectivity index (χ1n) is 5.35. The summed E-state index contributed by atoms with van der Waals surface area (Å²) < 4.78 is 5.65. The molecule has 0 radical (unpaired) electrons. The van der Waals surface area contributed by atoms with Crippen molar-refractivity contribution in [1.82, 2.24) is 4.98 Å².